The zero-order valence-corrected chi connectivity index (χ0v) is 11.6. The molecule has 106 valence electrons. The summed E-state index contributed by atoms with van der Waals surface area (Å²) in [5.74, 6) is -1.16. The summed E-state index contributed by atoms with van der Waals surface area (Å²) in [6, 6.07) is 9.57. The molecule has 0 aliphatic heterocycles. The number of carboxylic acid groups (broad SMARTS) is 1. The van der Waals surface area contributed by atoms with E-state index in [1.165, 1.54) is 10.8 Å². The number of aryl methyl sites for hydroxylation is 1. The molecule has 2 aromatic rings. The first kappa shape index (κ1) is 14.1. The number of para-hydroxylation sites is 1. The van der Waals surface area contributed by atoms with Gasteiger partial charge in [-0.25, -0.2) is 13.2 Å². The van der Waals surface area contributed by atoms with Crippen LogP contribution < -0.4 is 4.72 Å². The third-order valence-corrected chi connectivity index (χ3v) is 4.12. The van der Waals surface area contributed by atoms with Gasteiger partial charge in [-0.15, -0.1) is 0 Å². The van der Waals surface area contributed by atoms with Gasteiger partial charge in [-0.2, -0.15) is 0 Å². The summed E-state index contributed by atoms with van der Waals surface area (Å²) in [4.78, 5) is 11.0. The maximum Gasteiger partial charge on any atom is 0.352 e. The van der Waals surface area contributed by atoms with Crippen LogP contribution in [0.4, 0.5) is 5.69 Å². The summed E-state index contributed by atoms with van der Waals surface area (Å²) in [6.45, 7) is 2.12. The summed E-state index contributed by atoms with van der Waals surface area (Å²) in [6.07, 6.45) is 1.31. The highest BCUT2D eigenvalue weighted by Crippen LogP contribution is 2.18. The third kappa shape index (κ3) is 2.83. The highest BCUT2D eigenvalue weighted by Gasteiger charge is 2.20. The summed E-state index contributed by atoms with van der Waals surface area (Å²) < 4.78 is 28.2. The van der Waals surface area contributed by atoms with Crippen molar-refractivity contribution in [2.24, 2.45) is 0 Å². The fourth-order valence-corrected chi connectivity index (χ4v) is 2.89. The molecule has 0 radical (unpaired) electrons. The van der Waals surface area contributed by atoms with Gasteiger partial charge in [-0.3, -0.25) is 4.72 Å². The molecule has 0 amide bonds. The number of aromatic nitrogens is 1. The molecule has 0 atom stereocenters. The van der Waals surface area contributed by atoms with E-state index in [0.29, 0.717) is 12.2 Å². The second-order valence-corrected chi connectivity index (χ2v) is 5.81. The lowest BCUT2D eigenvalue weighted by Crippen LogP contribution is -2.12. The van der Waals surface area contributed by atoms with Crippen LogP contribution in [-0.2, 0) is 16.6 Å². The maximum absolute atomic E-state index is 12.2. The Labute approximate surface area is 116 Å². The molecule has 0 saturated heterocycles. The number of carboxylic acids is 1. The van der Waals surface area contributed by atoms with Crippen molar-refractivity contribution in [3.05, 3.63) is 48.3 Å². The number of nitrogens with one attached hydrogen (secondary N) is 1. The molecule has 7 heteroatoms. The molecule has 1 heterocycles. The van der Waals surface area contributed by atoms with Crippen LogP contribution in [0.3, 0.4) is 0 Å². The lowest BCUT2D eigenvalue weighted by atomic mass is 10.3. The van der Waals surface area contributed by atoms with Crippen molar-refractivity contribution >= 4 is 21.7 Å². The SMILES string of the molecule is CCn1cc(S(=O)(=O)Nc2ccccc2)cc1C(=O)O. The summed E-state index contributed by atoms with van der Waals surface area (Å²) in [5, 5.41) is 9.03. The van der Waals surface area contributed by atoms with Crippen LogP contribution in [-0.4, -0.2) is 24.1 Å². The molecule has 0 aliphatic rings. The fraction of sp³-hybridized carbons (Fsp3) is 0.154. The molecule has 1 aromatic carbocycles. The van der Waals surface area contributed by atoms with Crippen LogP contribution in [0.25, 0.3) is 0 Å². The molecule has 0 saturated carbocycles. The lowest BCUT2D eigenvalue weighted by molar-refractivity contribution is 0.0685. The molecule has 0 unspecified atom stereocenters. The molecule has 0 fully saturated rings. The van der Waals surface area contributed by atoms with Crippen LogP contribution in [0.5, 0.6) is 0 Å². The van der Waals surface area contributed by atoms with Gasteiger partial charge in [0.25, 0.3) is 10.0 Å². The van der Waals surface area contributed by atoms with Gasteiger partial charge in [-0.05, 0) is 25.1 Å². The standard InChI is InChI=1S/C13H14N2O4S/c1-2-15-9-11(8-12(15)13(16)17)20(18,19)14-10-6-4-3-5-7-10/h3-9,14H,2H2,1H3,(H,16,17). The minimum absolute atomic E-state index is 0.0547. The van der Waals surface area contributed by atoms with Crippen molar-refractivity contribution in [2.45, 2.75) is 18.4 Å². The van der Waals surface area contributed by atoms with E-state index in [9.17, 15) is 13.2 Å². The molecule has 0 spiro atoms. The van der Waals surface area contributed by atoms with Crippen molar-refractivity contribution in [1.82, 2.24) is 4.57 Å². The molecular formula is C13H14N2O4S. The normalized spacial score (nSPS) is 11.2. The number of hydrogen-bond donors (Lipinski definition) is 2. The van der Waals surface area contributed by atoms with Gasteiger partial charge < -0.3 is 9.67 Å². The van der Waals surface area contributed by atoms with E-state index in [4.69, 9.17) is 5.11 Å². The first-order valence-corrected chi connectivity index (χ1v) is 7.43. The predicted octanol–water partition coefficient (Wildman–Crippen LogP) is 2.01. The zero-order valence-electron chi connectivity index (χ0n) is 10.8. The average Bonchev–Trinajstić information content (AvgIpc) is 2.84. The van der Waals surface area contributed by atoms with Crippen LogP contribution in [0.15, 0.2) is 47.5 Å². The third-order valence-electron chi connectivity index (χ3n) is 2.77. The van der Waals surface area contributed by atoms with E-state index in [0.717, 1.165) is 6.07 Å². The Bertz CT molecular complexity index is 720. The molecule has 20 heavy (non-hydrogen) atoms. The minimum atomic E-state index is -3.79. The highest BCUT2D eigenvalue weighted by molar-refractivity contribution is 7.92. The molecule has 1 aromatic heterocycles. The Balaban J connectivity index is 2.37. The van der Waals surface area contributed by atoms with Crippen molar-refractivity contribution in [1.29, 1.82) is 0 Å². The zero-order chi connectivity index (χ0) is 14.8. The van der Waals surface area contributed by atoms with Gasteiger partial charge in [0.1, 0.15) is 10.6 Å². The smallest absolute Gasteiger partial charge is 0.352 e. The lowest BCUT2D eigenvalue weighted by Gasteiger charge is -2.05. The van der Waals surface area contributed by atoms with Crippen LogP contribution in [0, 0.1) is 0 Å². The molecular weight excluding hydrogens is 280 g/mol. The van der Waals surface area contributed by atoms with Gasteiger partial charge in [0, 0.05) is 18.4 Å². The van der Waals surface area contributed by atoms with Crippen molar-refractivity contribution < 1.29 is 18.3 Å². The van der Waals surface area contributed by atoms with Crippen LogP contribution in [0.1, 0.15) is 17.4 Å². The van der Waals surface area contributed by atoms with E-state index in [2.05, 4.69) is 4.72 Å². The monoisotopic (exact) mass is 294 g/mol. The topological polar surface area (TPSA) is 88.4 Å². The molecule has 0 aliphatic carbocycles. The molecule has 2 N–H and O–H groups in total. The van der Waals surface area contributed by atoms with E-state index in [-0.39, 0.29) is 10.6 Å². The maximum atomic E-state index is 12.2. The average molecular weight is 294 g/mol. The Morgan fingerprint density at radius 3 is 2.45 bits per heavy atom. The highest BCUT2D eigenvalue weighted by atomic mass is 32.2. The molecule has 0 bridgehead atoms. The number of aromatic carboxylic acids is 1. The summed E-state index contributed by atoms with van der Waals surface area (Å²) >= 11 is 0. The van der Waals surface area contributed by atoms with E-state index in [1.807, 2.05) is 0 Å². The van der Waals surface area contributed by atoms with E-state index in [1.54, 1.807) is 37.3 Å². The fourth-order valence-electron chi connectivity index (χ4n) is 1.79. The number of nitrogens with zero attached hydrogens (tertiary/aromatic N) is 1. The van der Waals surface area contributed by atoms with E-state index < -0.39 is 16.0 Å². The Morgan fingerprint density at radius 1 is 1.30 bits per heavy atom. The number of rotatable bonds is 5. The van der Waals surface area contributed by atoms with Crippen LogP contribution >= 0.6 is 0 Å². The van der Waals surface area contributed by atoms with Gasteiger partial charge >= 0.3 is 5.97 Å². The molecule has 6 nitrogen and oxygen atoms in total. The summed E-state index contributed by atoms with van der Waals surface area (Å²) in [7, 11) is -3.79. The Morgan fingerprint density at radius 2 is 1.95 bits per heavy atom. The first-order valence-electron chi connectivity index (χ1n) is 5.95. The van der Waals surface area contributed by atoms with Gasteiger partial charge in [0.15, 0.2) is 0 Å². The van der Waals surface area contributed by atoms with Gasteiger partial charge in [0.2, 0.25) is 0 Å². The summed E-state index contributed by atoms with van der Waals surface area (Å²) in [5.41, 5.74) is 0.370. The largest absolute Gasteiger partial charge is 0.477 e. The Kier molecular flexibility index (Phi) is 3.80. The molecule has 2 rings (SSSR count). The predicted molar refractivity (Wildman–Crippen MR) is 74.3 cm³/mol. The number of benzene rings is 1. The first-order chi connectivity index (χ1) is 9.44. The number of hydrogen-bond acceptors (Lipinski definition) is 3. The Hall–Kier alpha value is -2.28. The number of sulfonamides is 1. The van der Waals surface area contributed by atoms with Gasteiger partial charge in [0.05, 0.1) is 0 Å². The minimum Gasteiger partial charge on any atom is -0.477 e. The second kappa shape index (κ2) is 5.38. The van der Waals surface area contributed by atoms with Gasteiger partial charge in [-0.1, -0.05) is 18.2 Å². The van der Waals surface area contributed by atoms with Crippen molar-refractivity contribution in [2.75, 3.05) is 4.72 Å². The van der Waals surface area contributed by atoms with Crippen molar-refractivity contribution in [3.8, 4) is 0 Å². The van der Waals surface area contributed by atoms with E-state index >= 15 is 0 Å². The van der Waals surface area contributed by atoms with Crippen LogP contribution in [0.2, 0.25) is 0 Å². The quantitative estimate of drug-likeness (QED) is 0.883. The number of anilines is 1. The second-order valence-electron chi connectivity index (χ2n) is 4.12. The number of carbonyl (C=O) groups is 1. The van der Waals surface area contributed by atoms with Crippen molar-refractivity contribution in [3.63, 3.8) is 0 Å².